The first-order valence-electron chi connectivity index (χ1n) is 9.24. The van der Waals surface area contributed by atoms with Gasteiger partial charge in [-0.2, -0.15) is 5.10 Å². The Balaban J connectivity index is 1.39. The Labute approximate surface area is 148 Å². The Morgan fingerprint density at radius 3 is 3.04 bits per heavy atom. The molecule has 1 atom stereocenters. The molecule has 132 valence electrons. The smallest absolute Gasteiger partial charge is 0.223 e. The first-order valence-corrected chi connectivity index (χ1v) is 9.24. The average Bonchev–Trinajstić information content (AvgIpc) is 3.02. The monoisotopic (exact) mass is 339 g/mol. The first-order chi connectivity index (χ1) is 12.3. The number of ether oxygens (including phenoxy) is 1. The molecule has 1 saturated heterocycles. The van der Waals surface area contributed by atoms with Gasteiger partial charge < -0.3 is 9.64 Å². The molecule has 1 aliphatic carbocycles. The Morgan fingerprint density at radius 1 is 1.36 bits per heavy atom. The van der Waals surface area contributed by atoms with Crippen molar-refractivity contribution < 1.29 is 9.53 Å². The van der Waals surface area contributed by atoms with Crippen molar-refractivity contribution in [3.8, 4) is 5.75 Å². The lowest BCUT2D eigenvalue weighted by Gasteiger charge is -2.41. The minimum Gasteiger partial charge on any atom is -0.497 e. The van der Waals surface area contributed by atoms with Crippen molar-refractivity contribution in [2.45, 2.75) is 51.0 Å². The third-order valence-corrected chi connectivity index (χ3v) is 5.54. The van der Waals surface area contributed by atoms with E-state index in [0.717, 1.165) is 49.2 Å². The van der Waals surface area contributed by atoms with Crippen LogP contribution in [0.15, 0.2) is 24.3 Å². The molecule has 5 heteroatoms. The summed E-state index contributed by atoms with van der Waals surface area (Å²) in [6.07, 6.45) is 6.98. The van der Waals surface area contributed by atoms with E-state index < -0.39 is 0 Å². The summed E-state index contributed by atoms with van der Waals surface area (Å²) in [6.45, 7) is 0.847. The summed E-state index contributed by atoms with van der Waals surface area (Å²) >= 11 is 0. The molecule has 1 aromatic carbocycles. The van der Waals surface area contributed by atoms with Gasteiger partial charge in [-0.25, -0.2) is 0 Å². The third-order valence-electron chi connectivity index (χ3n) is 5.54. The van der Waals surface area contributed by atoms with E-state index >= 15 is 0 Å². The van der Waals surface area contributed by atoms with Crippen molar-refractivity contribution in [1.29, 1.82) is 0 Å². The summed E-state index contributed by atoms with van der Waals surface area (Å²) < 4.78 is 5.30. The van der Waals surface area contributed by atoms with Crippen molar-refractivity contribution >= 4 is 5.91 Å². The minimum absolute atomic E-state index is 0.190. The van der Waals surface area contributed by atoms with Crippen LogP contribution in [-0.2, 0) is 24.1 Å². The van der Waals surface area contributed by atoms with Crippen LogP contribution in [0.1, 0.15) is 54.2 Å². The predicted octanol–water partition coefficient (Wildman–Crippen LogP) is 3.20. The molecule has 0 spiro atoms. The van der Waals surface area contributed by atoms with Crippen LogP contribution in [0, 0.1) is 0 Å². The average molecular weight is 339 g/mol. The number of nitrogens with one attached hydrogen (secondary N) is 1. The SMILES string of the molecule is COc1cccc([C@@H]2CCN2C(=O)CCc2n[nH]c3c2CCCC3)c1. The predicted molar refractivity (Wildman–Crippen MR) is 95.6 cm³/mol. The molecule has 2 aliphatic rings. The van der Waals surface area contributed by atoms with E-state index in [4.69, 9.17) is 4.74 Å². The van der Waals surface area contributed by atoms with Crippen molar-refractivity contribution in [3.63, 3.8) is 0 Å². The number of fused-ring (bicyclic) bond motifs is 1. The quantitative estimate of drug-likeness (QED) is 0.910. The van der Waals surface area contributed by atoms with E-state index in [1.807, 2.05) is 23.1 Å². The van der Waals surface area contributed by atoms with E-state index in [-0.39, 0.29) is 11.9 Å². The minimum atomic E-state index is 0.190. The highest BCUT2D eigenvalue weighted by Crippen LogP contribution is 2.35. The van der Waals surface area contributed by atoms with Gasteiger partial charge in [-0.15, -0.1) is 0 Å². The van der Waals surface area contributed by atoms with Gasteiger partial charge in [0.2, 0.25) is 5.91 Å². The Morgan fingerprint density at radius 2 is 2.24 bits per heavy atom. The van der Waals surface area contributed by atoms with Crippen LogP contribution in [-0.4, -0.2) is 34.7 Å². The molecular weight excluding hydrogens is 314 g/mol. The summed E-state index contributed by atoms with van der Waals surface area (Å²) in [7, 11) is 1.67. The van der Waals surface area contributed by atoms with Crippen LogP contribution in [0.25, 0.3) is 0 Å². The number of H-pyrrole nitrogens is 1. The molecule has 5 nitrogen and oxygen atoms in total. The standard InChI is InChI=1S/C20H25N3O2/c1-25-15-6-4-5-14(13-15)19-11-12-23(19)20(24)10-9-18-16-7-2-3-8-17(16)21-22-18/h4-6,13,19H,2-3,7-12H2,1H3,(H,21,22)/t19-/m0/s1. The number of amides is 1. The topological polar surface area (TPSA) is 58.2 Å². The highest BCUT2D eigenvalue weighted by Gasteiger charge is 2.33. The highest BCUT2D eigenvalue weighted by molar-refractivity contribution is 5.78. The van der Waals surface area contributed by atoms with Crippen LogP contribution < -0.4 is 4.74 Å². The van der Waals surface area contributed by atoms with Crippen molar-refractivity contribution in [1.82, 2.24) is 15.1 Å². The maximum Gasteiger partial charge on any atom is 0.223 e. The molecule has 1 aromatic heterocycles. The fourth-order valence-electron chi connectivity index (χ4n) is 4.01. The second-order valence-electron chi connectivity index (χ2n) is 7.00. The highest BCUT2D eigenvalue weighted by atomic mass is 16.5. The summed E-state index contributed by atoms with van der Waals surface area (Å²) in [5, 5.41) is 7.63. The largest absolute Gasteiger partial charge is 0.497 e. The molecule has 0 unspecified atom stereocenters. The van der Waals surface area contributed by atoms with Gasteiger partial charge in [0.1, 0.15) is 5.75 Å². The first kappa shape index (κ1) is 16.2. The number of methoxy groups -OCH3 is 1. The molecule has 2 aromatic rings. The van der Waals surface area contributed by atoms with Crippen LogP contribution in [0.2, 0.25) is 0 Å². The summed E-state index contributed by atoms with van der Waals surface area (Å²) in [5.41, 5.74) is 4.91. The third kappa shape index (κ3) is 3.15. The number of rotatable bonds is 5. The van der Waals surface area contributed by atoms with Crippen LogP contribution >= 0.6 is 0 Å². The maximum atomic E-state index is 12.7. The number of nitrogens with zero attached hydrogens (tertiary/aromatic N) is 2. The molecule has 2 heterocycles. The summed E-state index contributed by atoms with van der Waals surface area (Å²) in [5.74, 6) is 1.08. The molecule has 4 rings (SSSR count). The maximum absolute atomic E-state index is 12.7. The zero-order valence-corrected chi connectivity index (χ0v) is 14.8. The molecule has 1 aliphatic heterocycles. The number of aromatic amines is 1. The van der Waals surface area contributed by atoms with Crippen LogP contribution in [0.4, 0.5) is 0 Å². The fourth-order valence-corrected chi connectivity index (χ4v) is 4.01. The number of carbonyl (C=O) groups excluding carboxylic acids is 1. The molecular formula is C20H25N3O2. The molecule has 0 bridgehead atoms. The number of aromatic nitrogens is 2. The van der Waals surface area contributed by atoms with Gasteiger partial charge in [0.05, 0.1) is 18.8 Å². The van der Waals surface area contributed by atoms with Gasteiger partial charge in [-0.3, -0.25) is 9.89 Å². The second-order valence-corrected chi connectivity index (χ2v) is 7.00. The molecule has 0 radical (unpaired) electrons. The second kappa shape index (κ2) is 6.90. The number of carbonyl (C=O) groups is 1. The molecule has 1 N–H and O–H groups in total. The summed E-state index contributed by atoms with van der Waals surface area (Å²) in [4.78, 5) is 14.7. The van der Waals surface area contributed by atoms with Gasteiger partial charge in [-0.05, 0) is 55.4 Å². The number of benzene rings is 1. The Bertz CT molecular complexity index is 768. The van der Waals surface area contributed by atoms with Gasteiger partial charge >= 0.3 is 0 Å². The number of likely N-dealkylation sites (tertiary alicyclic amines) is 1. The van der Waals surface area contributed by atoms with E-state index in [0.29, 0.717) is 6.42 Å². The number of aryl methyl sites for hydroxylation is 2. The van der Waals surface area contributed by atoms with E-state index in [2.05, 4.69) is 16.3 Å². The number of hydrogen-bond donors (Lipinski definition) is 1. The molecule has 0 saturated carbocycles. The zero-order chi connectivity index (χ0) is 17.2. The molecule has 25 heavy (non-hydrogen) atoms. The van der Waals surface area contributed by atoms with E-state index in [1.165, 1.54) is 24.1 Å². The zero-order valence-electron chi connectivity index (χ0n) is 14.8. The van der Waals surface area contributed by atoms with Crippen molar-refractivity contribution in [2.75, 3.05) is 13.7 Å². The Kier molecular flexibility index (Phi) is 4.47. The van der Waals surface area contributed by atoms with Crippen molar-refractivity contribution in [3.05, 3.63) is 46.8 Å². The van der Waals surface area contributed by atoms with Gasteiger partial charge in [0.25, 0.3) is 0 Å². The van der Waals surface area contributed by atoms with E-state index in [1.54, 1.807) is 7.11 Å². The van der Waals surface area contributed by atoms with Crippen LogP contribution in [0.5, 0.6) is 5.75 Å². The number of hydrogen-bond acceptors (Lipinski definition) is 3. The lowest BCUT2D eigenvalue weighted by atomic mass is 9.92. The fraction of sp³-hybridized carbons (Fsp3) is 0.500. The lowest BCUT2D eigenvalue weighted by Crippen LogP contribution is -2.45. The molecule has 1 amide bonds. The molecule has 1 fully saturated rings. The van der Waals surface area contributed by atoms with Gasteiger partial charge in [0, 0.05) is 25.1 Å². The Hall–Kier alpha value is -2.30. The normalized spacial score (nSPS) is 19.2. The van der Waals surface area contributed by atoms with Gasteiger partial charge in [-0.1, -0.05) is 12.1 Å². The van der Waals surface area contributed by atoms with Crippen molar-refractivity contribution in [2.24, 2.45) is 0 Å². The van der Waals surface area contributed by atoms with Gasteiger partial charge in [0.15, 0.2) is 0 Å². The lowest BCUT2D eigenvalue weighted by molar-refractivity contribution is -0.139. The van der Waals surface area contributed by atoms with E-state index in [9.17, 15) is 4.79 Å². The van der Waals surface area contributed by atoms with Crippen LogP contribution in [0.3, 0.4) is 0 Å². The summed E-state index contributed by atoms with van der Waals surface area (Å²) in [6, 6.07) is 8.24.